The van der Waals surface area contributed by atoms with E-state index in [0.717, 1.165) is 31.2 Å². The maximum Gasteiger partial charge on any atom is 0.251 e. The van der Waals surface area contributed by atoms with E-state index in [-0.39, 0.29) is 48.3 Å². The molecule has 2 heterocycles. The summed E-state index contributed by atoms with van der Waals surface area (Å²) >= 11 is 0. The minimum atomic E-state index is -0.610. The number of fused-ring (bicyclic) bond motifs is 1. The molecule has 6 N–H and O–H groups in total. The van der Waals surface area contributed by atoms with Gasteiger partial charge in [0.15, 0.2) is 0 Å². The molecule has 1 atom stereocenters. The zero-order valence-electron chi connectivity index (χ0n) is 19.1. The van der Waals surface area contributed by atoms with E-state index in [9.17, 15) is 19.1 Å². The van der Waals surface area contributed by atoms with Gasteiger partial charge in [0.25, 0.3) is 5.91 Å². The minimum Gasteiger partial charge on any atom is -0.493 e. The lowest BCUT2D eigenvalue weighted by atomic mass is 9.91. The number of hydrogen-bond acceptors (Lipinski definition) is 5. The first-order valence-electron chi connectivity index (χ1n) is 11.5. The lowest BCUT2D eigenvalue weighted by molar-refractivity contribution is -0.121. The summed E-state index contributed by atoms with van der Waals surface area (Å²) in [5.74, 6) is -1.09. The molecule has 1 aromatic carbocycles. The van der Waals surface area contributed by atoms with E-state index >= 15 is 0 Å². The van der Waals surface area contributed by atoms with Crippen molar-refractivity contribution in [3.63, 3.8) is 0 Å². The SMILES string of the molecule is NC(=O)c1c(C(CC(=O)NC2CC2)C2CC2)n(Cc2ccc(F)cc2)c2cnc(O)cc12.NC=O. The summed E-state index contributed by atoms with van der Waals surface area (Å²) in [4.78, 5) is 38.0. The van der Waals surface area contributed by atoms with Gasteiger partial charge in [-0.25, -0.2) is 9.37 Å². The number of nitrogens with zero attached hydrogens (tertiary/aromatic N) is 2. The predicted octanol–water partition coefficient (Wildman–Crippen LogP) is 2.29. The fourth-order valence-electron chi connectivity index (χ4n) is 4.54. The number of aromatic hydroxyl groups is 1. The molecule has 2 fully saturated rings. The molecule has 3 aromatic rings. The Kier molecular flexibility index (Phi) is 6.99. The number of halogens is 1. The van der Waals surface area contributed by atoms with Gasteiger partial charge >= 0.3 is 0 Å². The molecule has 10 heteroatoms. The fourth-order valence-corrected chi connectivity index (χ4v) is 4.54. The number of pyridine rings is 1. The number of amides is 3. The summed E-state index contributed by atoms with van der Waals surface area (Å²) in [6.07, 6.45) is 5.98. The van der Waals surface area contributed by atoms with Crippen molar-refractivity contribution in [3.05, 3.63) is 59.2 Å². The topological polar surface area (TPSA) is 153 Å². The second-order valence-corrected chi connectivity index (χ2v) is 9.02. The maximum absolute atomic E-state index is 13.5. The molecule has 0 saturated heterocycles. The zero-order valence-corrected chi connectivity index (χ0v) is 19.1. The Labute approximate surface area is 201 Å². The summed E-state index contributed by atoms with van der Waals surface area (Å²) in [6.45, 7) is 0.360. The van der Waals surface area contributed by atoms with Gasteiger partial charge in [-0.2, -0.15) is 0 Å². The smallest absolute Gasteiger partial charge is 0.251 e. The second-order valence-electron chi connectivity index (χ2n) is 9.02. The van der Waals surface area contributed by atoms with Crippen LogP contribution in [0.15, 0.2) is 36.5 Å². The molecule has 9 nitrogen and oxygen atoms in total. The molecule has 35 heavy (non-hydrogen) atoms. The Hall–Kier alpha value is -3.95. The first kappa shape index (κ1) is 24.2. The monoisotopic (exact) mass is 481 g/mol. The number of benzene rings is 1. The van der Waals surface area contributed by atoms with Crippen LogP contribution in [-0.4, -0.2) is 38.9 Å². The molecule has 2 aromatic heterocycles. The highest BCUT2D eigenvalue weighted by Crippen LogP contribution is 2.47. The average molecular weight is 482 g/mol. The van der Waals surface area contributed by atoms with Gasteiger partial charge in [0.2, 0.25) is 18.2 Å². The van der Waals surface area contributed by atoms with Gasteiger partial charge in [-0.05, 0) is 49.3 Å². The van der Waals surface area contributed by atoms with Crippen molar-refractivity contribution in [2.45, 2.75) is 50.6 Å². The van der Waals surface area contributed by atoms with E-state index in [2.05, 4.69) is 16.0 Å². The van der Waals surface area contributed by atoms with Gasteiger partial charge in [-0.15, -0.1) is 0 Å². The third-order valence-electron chi connectivity index (χ3n) is 6.37. The van der Waals surface area contributed by atoms with Gasteiger partial charge in [0.1, 0.15) is 5.82 Å². The largest absolute Gasteiger partial charge is 0.493 e. The third-order valence-corrected chi connectivity index (χ3v) is 6.37. The standard InChI is InChI=1S/C24H25FN4O3.CH3NO/c25-15-5-1-13(2-6-15)12-29-19-11-27-20(30)10-18(19)22(24(26)32)23(29)17(14-3-4-14)9-21(31)28-16-7-8-16;2-1-3/h1-2,5-6,10-11,14,16-17H,3-4,7-9,12H2,(H2,26,32)(H,27,30)(H,28,31);1H,(H2,2,3). The molecule has 5 rings (SSSR count). The van der Waals surface area contributed by atoms with Crippen LogP contribution in [0.2, 0.25) is 0 Å². The lowest BCUT2D eigenvalue weighted by Crippen LogP contribution is -2.29. The summed E-state index contributed by atoms with van der Waals surface area (Å²) in [6, 6.07) is 7.85. The Morgan fingerprint density at radius 3 is 2.46 bits per heavy atom. The average Bonchev–Trinajstić information content (AvgIpc) is 3.73. The summed E-state index contributed by atoms with van der Waals surface area (Å²) in [5.41, 5.74) is 12.5. The summed E-state index contributed by atoms with van der Waals surface area (Å²) in [5, 5.41) is 13.5. The number of carbonyl (C=O) groups is 3. The van der Waals surface area contributed by atoms with Crippen LogP contribution in [0.25, 0.3) is 10.9 Å². The fraction of sp³-hybridized carbons (Fsp3) is 0.360. The second kappa shape index (κ2) is 10.1. The Morgan fingerprint density at radius 1 is 1.23 bits per heavy atom. The van der Waals surface area contributed by atoms with Gasteiger partial charge < -0.3 is 26.5 Å². The van der Waals surface area contributed by atoms with Crippen LogP contribution >= 0.6 is 0 Å². The highest BCUT2D eigenvalue weighted by Gasteiger charge is 2.39. The molecule has 2 saturated carbocycles. The van der Waals surface area contributed by atoms with Gasteiger partial charge in [0.05, 0.1) is 17.3 Å². The summed E-state index contributed by atoms with van der Waals surface area (Å²) in [7, 11) is 0. The number of carbonyl (C=O) groups excluding carboxylic acids is 3. The van der Waals surface area contributed by atoms with Crippen LogP contribution < -0.4 is 16.8 Å². The molecular weight excluding hydrogens is 453 g/mol. The van der Waals surface area contributed by atoms with Crippen molar-refractivity contribution in [1.29, 1.82) is 0 Å². The number of rotatable bonds is 8. The van der Waals surface area contributed by atoms with Crippen LogP contribution in [0.4, 0.5) is 4.39 Å². The number of nitrogens with two attached hydrogens (primary N) is 2. The van der Waals surface area contributed by atoms with Crippen LogP contribution in [0.5, 0.6) is 5.88 Å². The number of aromatic nitrogens is 2. The van der Waals surface area contributed by atoms with Crippen LogP contribution in [0, 0.1) is 11.7 Å². The molecular formula is C25H28FN5O4. The predicted molar refractivity (Wildman–Crippen MR) is 127 cm³/mol. The highest BCUT2D eigenvalue weighted by atomic mass is 19.1. The first-order valence-corrected chi connectivity index (χ1v) is 11.5. The van der Waals surface area contributed by atoms with E-state index in [1.54, 1.807) is 12.1 Å². The Bertz CT molecular complexity index is 1250. The van der Waals surface area contributed by atoms with Crippen LogP contribution in [0.3, 0.4) is 0 Å². The molecule has 0 bridgehead atoms. The third kappa shape index (κ3) is 5.59. The molecule has 3 amide bonds. The van der Waals surface area contributed by atoms with E-state index in [0.29, 0.717) is 28.7 Å². The lowest BCUT2D eigenvalue weighted by Gasteiger charge is -2.21. The number of primary amides is 2. The van der Waals surface area contributed by atoms with E-state index in [4.69, 9.17) is 10.5 Å². The summed E-state index contributed by atoms with van der Waals surface area (Å²) < 4.78 is 15.4. The minimum absolute atomic E-state index is 0.0284. The Morgan fingerprint density at radius 2 is 1.89 bits per heavy atom. The number of nitrogens with one attached hydrogen (secondary N) is 1. The maximum atomic E-state index is 13.5. The Balaban J connectivity index is 0.000000917. The van der Waals surface area contributed by atoms with E-state index in [1.165, 1.54) is 24.4 Å². The van der Waals surface area contributed by atoms with Crippen LogP contribution in [-0.2, 0) is 16.1 Å². The molecule has 2 aliphatic rings. The molecule has 0 aliphatic heterocycles. The molecule has 2 aliphatic carbocycles. The molecule has 0 spiro atoms. The quantitative estimate of drug-likeness (QED) is 0.364. The van der Waals surface area contributed by atoms with E-state index < -0.39 is 5.91 Å². The molecule has 0 radical (unpaired) electrons. The normalized spacial score (nSPS) is 15.7. The van der Waals surface area contributed by atoms with Crippen molar-refractivity contribution in [1.82, 2.24) is 14.9 Å². The van der Waals surface area contributed by atoms with E-state index in [1.807, 2.05) is 4.57 Å². The van der Waals surface area contributed by atoms with Crippen molar-refractivity contribution in [2.24, 2.45) is 17.4 Å². The van der Waals surface area contributed by atoms with Crippen molar-refractivity contribution in [3.8, 4) is 5.88 Å². The highest BCUT2D eigenvalue weighted by molar-refractivity contribution is 6.08. The molecule has 184 valence electrons. The number of hydrogen-bond donors (Lipinski definition) is 4. The van der Waals surface area contributed by atoms with Crippen molar-refractivity contribution in [2.75, 3.05) is 0 Å². The van der Waals surface area contributed by atoms with Crippen LogP contribution in [0.1, 0.15) is 59.6 Å². The molecule has 1 unspecified atom stereocenters. The van der Waals surface area contributed by atoms with Gasteiger partial charge in [-0.3, -0.25) is 14.4 Å². The zero-order chi connectivity index (χ0) is 25.1. The first-order chi connectivity index (χ1) is 16.8. The van der Waals surface area contributed by atoms with Gasteiger partial charge in [0, 0.05) is 42.1 Å². The van der Waals surface area contributed by atoms with Crippen molar-refractivity contribution >= 4 is 29.1 Å². The van der Waals surface area contributed by atoms with Gasteiger partial charge in [-0.1, -0.05) is 12.1 Å². The van der Waals surface area contributed by atoms with Crippen molar-refractivity contribution < 1.29 is 23.9 Å².